The number of halogens is 1. The van der Waals surface area contributed by atoms with Crippen molar-refractivity contribution in [2.45, 2.75) is 6.92 Å². The summed E-state index contributed by atoms with van der Waals surface area (Å²) in [6.45, 7) is 1.59. The zero-order chi connectivity index (χ0) is 19.7. The van der Waals surface area contributed by atoms with Crippen molar-refractivity contribution in [3.63, 3.8) is 0 Å². The van der Waals surface area contributed by atoms with Crippen molar-refractivity contribution >= 4 is 45.2 Å². The smallest absolute Gasteiger partial charge is 0.363 e. The molecule has 27 heavy (non-hydrogen) atoms. The minimum absolute atomic E-state index is 0.0650. The van der Waals surface area contributed by atoms with Gasteiger partial charge in [-0.3, -0.25) is 20.2 Å². The van der Waals surface area contributed by atoms with Crippen LogP contribution in [0.25, 0.3) is 6.08 Å². The molecule has 0 amide bonds. The van der Waals surface area contributed by atoms with Crippen LogP contribution in [0.15, 0.2) is 51.6 Å². The summed E-state index contributed by atoms with van der Waals surface area (Å²) in [7, 11) is 0. The van der Waals surface area contributed by atoms with Crippen LogP contribution in [0.5, 0.6) is 0 Å². The van der Waals surface area contributed by atoms with Gasteiger partial charge in [0.1, 0.15) is 0 Å². The second-order valence-electron chi connectivity index (χ2n) is 5.56. The van der Waals surface area contributed by atoms with Gasteiger partial charge in [-0.05, 0) is 46.6 Å². The van der Waals surface area contributed by atoms with E-state index < -0.39 is 15.8 Å². The molecular weight excluding hydrogens is 422 g/mol. The summed E-state index contributed by atoms with van der Waals surface area (Å²) < 4.78 is 5.39. The lowest BCUT2D eigenvalue weighted by atomic mass is 10.1. The number of aliphatic imine (C=N–C) groups is 1. The standard InChI is InChI=1S/C17H10BrN3O6/c1-9-2-4-11(8-14(9)20(23)24)16-19-13(17(22)27-16)6-10-3-5-12(18)15(7-10)21(25)26/h2-8H,1H3. The summed E-state index contributed by atoms with van der Waals surface area (Å²) >= 11 is 3.08. The summed E-state index contributed by atoms with van der Waals surface area (Å²) in [4.78, 5) is 37.1. The van der Waals surface area contributed by atoms with Crippen LogP contribution in [-0.2, 0) is 9.53 Å². The molecule has 0 saturated heterocycles. The summed E-state index contributed by atoms with van der Waals surface area (Å²) in [5.74, 6) is -0.820. The summed E-state index contributed by atoms with van der Waals surface area (Å²) in [6.07, 6.45) is 1.34. The van der Waals surface area contributed by atoms with Crippen molar-refractivity contribution in [3.8, 4) is 0 Å². The minimum atomic E-state index is -0.751. The van der Waals surface area contributed by atoms with Gasteiger partial charge in [0, 0.05) is 23.3 Å². The van der Waals surface area contributed by atoms with Crippen molar-refractivity contribution < 1.29 is 19.4 Å². The van der Waals surface area contributed by atoms with Crippen LogP contribution in [0, 0.1) is 27.2 Å². The molecule has 0 bridgehead atoms. The molecule has 1 aliphatic heterocycles. The Bertz CT molecular complexity index is 1060. The third kappa shape index (κ3) is 3.75. The van der Waals surface area contributed by atoms with Gasteiger partial charge in [-0.2, -0.15) is 0 Å². The van der Waals surface area contributed by atoms with Crippen LogP contribution in [0.3, 0.4) is 0 Å². The molecule has 1 aliphatic rings. The van der Waals surface area contributed by atoms with Gasteiger partial charge < -0.3 is 4.74 Å². The van der Waals surface area contributed by atoms with Crippen LogP contribution >= 0.6 is 15.9 Å². The number of hydrogen-bond donors (Lipinski definition) is 0. The fourth-order valence-electron chi connectivity index (χ4n) is 2.39. The molecule has 0 unspecified atom stereocenters. The predicted octanol–water partition coefficient (Wildman–Crippen LogP) is 3.92. The maximum absolute atomic E-state index is 12.1. The van der Waals surface area contributed by atoms with Gasteiger partial charge in [-0.15, -0.1) is 0 Å². The normalized spacial score (nSPS) is 14.8. The van der Waals surface area contributed by atoms with Crippen LogP contribution in [0.1, 0.15) is 16.7 Å². The van der Waals surface area contributed by atoms with Gasteiger partial charge in [0.15, 0.2) is 5.70 Å². The van der Waals surface area contributed by atoms with Crippen LogP contribution in [-0.4, -0.2) is 21.7 Å². The van der Waals surface area contributed by atoms with E-state index in [0.717, 1.165) is 0 Å². The van der Waals surface area contributed by atoms with Gasteiger partial charge in [-0.1, -0.05) is 12.1 Å². The van der Waals surface area contributed by atoms with Gasteiger partial charge in [0.25, 0.3) is 11.4 Å². The Hall–Kier alpha value is -3.40. The molecule has 0 aliphatic carbocycles. The van der Waals surface area contributed by atoms with E-state index in [1.807, 2.05) is 0 Å². The molecule has 2 aromatic rings. The SMILES string of the molecule is Cc1ccc(C2=NC(=Cc3ccc(Br)c([N+](=O)[O-])c3)C(=O)O2)cc1[N+](=O)[O-]. The van der Waals surface area contributed by atoms with E-state index in [1.165, 1.54) is 30.3 Å². The van der Waals surface area contributed by atoms with Crippen molar-refractivity contribution in [2.75, 3.05) is 0 Å². The first-order chi connectivity index (χ1) is 12.8. The number of carbonyl (C=O) groups is 1. The molecule has 0 saturated carbocycles. The van der Waals surface area contributed by atoms with E-state index in [0.29, 0.717) is 15.6 Å². The van der Waals surface area contributed by atoms with E-state index >= 15 is 0 Å². The Morgan fingerprint density at radius 2 is 1.78 bits per heavy atom. The van der Waals surface area contributed by atoms with Crippen molar-refractivity contribution in [1.82, 2.24) is 0 Å². The van der Waals surface area contributed by atoms with Gasteiger partial charge >= 0.3 is 5.97 Å². The maximum atomic E-state index is 12.1. The Labute approximate surface area is 160 Å². The Kier molecular flexibility index (Phi) is 4.82. The monoisotopic (exact) mass is 431 g/mol. The molecule has 0 radical (unpaired) electrons. The molecule has 0 fully saturated rings. The van der Waals surface area contributed by atoms with Crippen LogP contribution in [0.2, 0.25) is 0 Å². The van der Waals surface area contributed by atoms with Gasteiger partial charge in [0.05, 0.1) is 14.3 Å². The van der Waals surface area contributed by atoms with E-state index in [4.69, 9.17) is 4.74 Å². The Balaban J connectivity index is 1.99. The number of carbonyl (C=O) groups excluding carboxylic acids is 1. The summed E-state index contributed by atoms with van der Waals surface area (Å²) in [5.41, 5.74) is 0.792. The number of hydrogen-bond acceptors (Lipinski definition) is 7. The van der Waals surface area contributed by atoms with E-state index in [-0.39, 0.29) is 28.5 Å². The fraction of sp³-hybridized carbons (Fsp3) is 0.0588. The lowest BCUT2D eigenvalue weighted by Crippen LogP contribution is -2.06. The first-order valence-corrected chi connectivity index (χ1v) is 8.27. The average Bonchev–Trinajstić information content (AvgIpc) is 2.97. The van der Waals surface area contributed by atoms with E-state index in [2.05, 4.69) is 20.9 Å². The zero-order valence-electron chi connectivity index (χ0n) is 13.7. The first-order valence-electron chi connectivity index (χ1n) is 7.48. The zero-order valence-corrected chi connectivity index (χ0v) is 15.3. The number of cyclic esters (lactones) is 1. The number of ether oxygens (including phenoxy) is 1. The molecule has 0 spiro atoms. The molecule has 9 nitrogen and oxygen atoms in total. The number of aryl methyl sites for hydroxylation is 1. The van der Waals surface area contributed by atoms with E-state index in [1.54, 1.807) is 19.1 Å². The number of rotatable bonds is 4. The second-order valence-corrected chi connectivity index (χ2v) is 6.42. The molecule has 136 valence electrons. The molecular formula is C17H10BrN3O6. The highest BCUT2D eigenvalue weighted by Gasteiger charge is 2.26. The number of nitrogens with zero attached hydrogens (tertiary/aromatic N) is 3. The first kappa shape index (κ1) is 18.4. The minimum Gasteiger partial charge on any atom is -0.402 e. The molecule has 10 heteroatoms. The third-order valence-corrected chi connectivity index (χ3v) is 4.41. The highest BCUT2D eigenvalue weighted by Crippen LogP contribution is 2.28. The number of esters is 1. The number of benzene rings is 2. The Morgan fingerprint density at radius 1 is 1.07 bits per heavy atom. The molecule has 2 aromatic carbocycles. The molecule has 3 rings (SSSR count). The highest BCUT2D eigenvalue weighted by molar-refractivity contribution is 9.10. The lowest BCUT2D eigenvalue weighted by Gasteiger charge is -2.01. The predicted molar refractivity (Wildman–Crippen MR) is 99.2 cm³/mol. The lowest BCUT2D eigenvalue weighted by molar-refractivity contribution is -0.385. The summed E-state index contributed by atoms with van der Waals surface area (Å²) in [6, 6.07) is 8.70. The van der Waals surface area contributed by atoms with E-state index in [9.17, 15) is 25.0 Å². The molecule has 0 atom stereocenters. The molecule has 0 N–H and O–H groups in total. The van der Waals surface area contributed by atoms with Crippen LogP contribution in [0.4, 0.5) is 11.4 Å². The van der Waals surface area contributed by atoms with Crippen molar-refractivity contribution in [2.24, 2.45) is 4.99 Å². The summed E-state index contributed by atoms with van der Waals surface area (Å²) in [5, 5.41) is 22.1. The third-order valence-electron chi connectivity index (χ3n) is 3.74. The highest BCUT2D eigenvalue weighted by atomic mass is 79.9. The molecule has 1 heterocycles. The largest absolute Gasteiger partial charge is 0.402 e. The van der Waals surface area contributed by atoms with Crippen molar-refractivity contribution in [1.29, 1.82) is 0 Å². The van der Waals surface area contributed by atoms with Gasteiger partial charge in [-0.25, -0.2) is 9.79 Å². The maximum Gasteiger partial charge on any atom is 0.363 e. The second kappa shape index (κ2) is 7.08. The Morgan fingerprint density at radius 3 is 2.44 bits per heavy atom. The topological polar surface area (TPSA) is 125 Å². The van der Waals surface area contributed by atoms with Gasteiger partial charge in [0.2, 0.25) is 5.90 Å². The number of nitro benzene ring substituents is 2. The average molecular weight is 432 g/mol. The fourth-order valence-corrected chi connectivity index (χ4v) is 2.78. The quantitative estimate of drug-likeness (QED) is 0.312. The number of nitro groups is 2. The molecule has 0 aromatic heterocycles. The van der Waals surface area contributed by atoms with Crippen molar-refractivity contribution in [3.05, 3.63) is 83.5 Å². The van der Waals surface area contributed by atoms with Crippen LogP contribution < -0.4 is 0 Å².